The van der Waals surface area contributed by atoms with Gasteiger partial charge in [0, 0.05) is 18.5 Å². The van der Waals surface area contributed by atoms with E-state index in [9.17, 15) is 14.4 Å². The van der Waals surface area contributed by atoms with Gasteiger partial charge in [0.2, 0.25) is 5.91 Å². The summed E-state index contributed by atoms with van der Waals surface area (Å²) < 4.78 is 10.3. The third kappa shape index (κ3) is 7.99. The van der Waals surface area contributed by atoms with E-state index >= 15 is 0 Å². The summed E-state index contributed by atoms with van der Waals surface area (Å²) in [6, 6.07) is -0.492. The predicted molar refractivity (Wildman–Crippen MR) is 89.3 cm³/mol. The maximum Gasteiger partial charge on any atom is 0.408 e. The number of hydrogen-bond acceptors (Lipinski definition) is 5. The highest BCUT2D eigenvalue weighted by Gasteiger charge is 2.28. The van der Waals surface area contributed by atoms with Gasteiger partial charge < -0.3 is 20.1 Å². The van der Waals surface area contributed by atoms with E-state index in [1.54, 1.807) is 40.7 Å². The first-order valence-corrected chi connectivity index (χ1v) is 8.23. The fourth-order valence-electron chi connectivity index (χ4n) is 2.29. The molecule has 0 saturated carbocycles. The smallest absolute Gasteiger partial charge is 0.408 e. The Balaban J connectivity index is 2.71. The molecule has 2 N–H and O–H groups in total. The zero-order valence-electron chi connectivity index (χ0n) is 15.0. The third-order valence-corrected chi connectivity index (χ3v) is 3.22. The molecule has 7 heteroatoms. The Kier molecular flexibility index (Phi) is 7.25. The van der Waals surface area contributed by atoms with Crippen LogP contribution < -0.4 is 10.6 Å². The number of nitrogens with one attached hydrogen (secondary N) is 2. The molecule has 0 bridgehead atoms. The minimum Gasteiger partial charge on any atom is -0.460 e. The van der Waals surface area contributed by atoms with E-state index in [1.807, 2.05) is 0 Å². The summed E-state index contributed by atoms with van der Waals surface area (Å²) in [5, 5.41) is 5.45. The predicted octanol–water partition coefficient (Wildman–Crippen LogP) is 1.91. The molecule has 24 heavy (non-hydrogen) atoms. The Hall–Kier alpha value is -2.05. The molecule has 7 nitrogen and oxygen atoms in total. The third-order valence-electron chi connectivity index (χ3n) is 3.22. The van der Waals surface area contributed by atoms with Gasteiger partial charge in [-0.3, -0.25) is 4.79 Å². The first-order valence-electron chi connectivity index (χ1n) is 8.23. The molecule has 1 heterocycles. The summed E-state index contributed by atoms with van der Waals surface area (Å²) in [6.45, 7) is 9.43. The van der Waals surface area contributed by atoms with E-state index < -0.39 is 23.7 Å². The van der Waals surface area contributed by atoms with Crippen molar-refractivity contribution in [3.8, 4) is 0 Å². The van der Waals surface area contributed by atoms with Crippen LogP contribution in [0.3, 0.4) is 0 Å². The molecular weight excluding hydrogens is 312 g/mol. The molecule has 0 aromatic carbocycles. The van der Waals surface area contributed by atoms with E-state index in [2.05, 4.69) is 10.6 Å². The zero-order chi connectivity index (χ0) is 18.3. The van der Waals surface area contributed by atoms with Crippen LogP contribution in [0, 0.1) is 5.92 Å². The molecule has 0 spiro atoms. The first kappa shape index (κ1) is 20.0. The van der Waals surface area contributed by atoms with Gasteiger partial charge in [0.25, 0.3) is 0 Å². The van der Waals surface area contributed by atoms with E-state index in [-0.39, 0.29) is 17.9 Å². The molecule has 0 aromatic rings. The van der Waals surface area contributed by atoms with Gasteiger partial charge in [0.05, 0.1) is 12.1 Å². The largest absolute Gasteiger partial charge is 0.460 e. The summed E-state index contributed by atoms with van der Waals surface area (Å²) in [6.07, 6.45) is 3.11. The number of alkyl carbamates (subject to hydrolysis) is 1. The van der Waals surface area contributed by atoms with Crippen molar-refractivity contribution in [2.45, 2.75) is 65.2 Å². The molecule has 0 unspecified atom stereocenters. The Morgan fingerprint density at radius 1 is 1.38 bits per heavy atom. The van der Waals surface area contributed by atoms with Gasteiger partial charge in [-0.15, -0.1) is 0 Å². The molecule has 2 amide bonds. The monoisotopic (exact) mass is 340 g/mol. The van der Waals surface area contributed by atoms with E-state index in [0.29, 0.717) is 19.4 Å². The number of hydrogen-bond donors (Lipinski definition) is 2. The summed E-state index contributed by atoms with van der Waals surface area (Å²) in [7, 11) is 0. The van der Waals surface area contributed by atoms with E-state index in [1.165, 1.54) is 6.08 Å². The zero-order valence-corrected chi connectivity index (χ0v) is 15.0. The summed E-state index contributed by atoms with van der Waals surface area (Å²) in [4.78, 5) is 35.3. The normalized spacial score (nSPS) is 19.2. The second kappa shape index (κ2) is 8.70. The Morgan fingerprint density at radius 2 is 2.04 bits per heavy atom. The Labute approximate surface area is 143 Å². The lowest BCUT2D eigenvalue weighted by Gasteiger charge is -2.23. The van der Waals surface area contributed by atoms with Crippen LogP contribution >= 0.6 is 0 Å². The van der Waals surface area contributed by atoms with Crippen molar-refractivity contribution in [3.63, 3.8) is 0 Å². The standard InChI is InChI=1S/C17H28N2O5/c1-11(2)23-14(20)7-6-13(10-12-8-9-18-15(12)21)19-16(22)24-17(3,4)5/h6-7,11-13H,8-10H2,1-5H3,(H,18,21)(H,19,22)/b7-6+/t12-,13+/m0/s1. The number of esters is 1. The molecule has 1 rings (SSSR count). The van der Waals surface area contributed by atoms with Crippen molar-refractivity contribution < 1.29 is 23.9 Å². The van der Waals surface area contributed by atoms with Crippen LogP contribution in [0.5, 0.6) is 0 Å². The average molecular weight is 340 g/mol. The first-order chi connectivity index (χ1) is 11.1. The second-order valence-electron chi connectivity index (χ2n) is 7.11. The number of amides is 2. The minimum atomic E-state index is -0.625. The molecule has 1 saturated heterocycles. The van der Waals surface area contributed by atoms with Crippen LogP contribution in [-0.4, -0.2) is 42.3 Å². The summed E-state index contributed by atoms with van der Waals surface area (Å²) in [5.74, 6) is -0.725. The highest BCUT2D eigenvalue weighted by Crippen LogP contribution is 2.17. The van der Waals surface area contributed by atoms with Gasteiger partial charge >= 0.3 is 12.1 Å². The number of ether oxygens (including phenoxy) is 2. The molecule has 1 aliphatic rings. The number of carbonyl (C=O) groups is 3. The van der Waals surface area contributed by atoms with Crippen molar-refractivity contribution in [1.29, 1.82) is 0 Å². The van der Waals surface area contributed by atoms with E-state index in [0.717, 1.165) is 0 Å². The molecule has 2 atom stereocenters. The van der Waals surface area contributed by atoms with Gasteiger partial charge in [-0.1, -0.05) is 6.08 Å². The maximum absolute atomic E-state index is 12.0. The molecule has 0 radical (unpaired) electrons. The molecular formula is C17H28N2O5. The van der Waals surface area contributed by atoms with Crippen LogP contribution in [0.2, 0.25) is 0 Å². The van der Waals surface area contributed by atoms with Crippen molar-refractivity contribution in [3.05, 3.63) is 12.2 Å². The van der Waals surface area contributed by atoms with Crippen LogP contribution in [0.1, 0.15) is 47.5 Å². The van der Waals surface area contributed by atoms with Gasteiger partial charge in [0.1, 0.15) is 5.60 Å². The summed E-state index contributed by atoms with van der Waals surface area (Å²) in [5.41, 5.74) is -0.625. The molecule has 136 valence electrons. The second-order valence-corrected chi connectivity index (χ2v) is 7.11. The molecule has 0 aromatic heterocycles. The van der Waals surface area contributed by atoms with Crippen LogP contribution in [-0.2, 0) is 19.1 Å². The SMILES string of the molecule is CC(C)OC(=O)/C=C/[C@H](C[C@@H]1CCNC1=O)NC(=O)OC(C)(C)C. The summed E-state index contributed by atoms with van der Waals surface area (Å²) >= 11 is 0. The van der Waals surface area contributed by atoms with Gasteiger partial charge in [-0.2, -0.15) is 0 Å². The van der Waals surface area contributed by atoms with E-state index in [4.69, 9.17) is 9.47 Å². The molecule has 1 fully saturated rings. The minimum absolute atomic E-state index is 0.0378. The lowest BCUT2D eigenvalue weighted by molar-refractivity contribution is -0.141. The molecule has 0 aliphatic carbocycles. The van der Waals surface area contributed by atoms with Crippen molar-refractivity contribution in [2.24, 2.45) is 5.92 Å². The van der Waals surface area contributed by atoms with Gasteiger partial charge in [0.15, 0.2) is 0 Å². The number of rotatable bonds is 6. The van der Waals surface area contributed by atoms with Crippen molar-refractivity contribution >= 4 is 18.0 Å². The fraction of sp³-hybridized carbons (Fsp3) is 0.706. The topological polar surface area (TPSA) is 93.7 Å². The number of carbonyl (C=O) groups excluding carboxylic acids is 3. The molecule has 1 aliphatic heterocycles. The van der Waals surface area contributed by atoms with Crippen LogP contribution in [0.25, 0.3) is 0 Å². The highest BCUT2D eigenvalue weighted by molar-refractivity contribution is 5.83. The quantitative estimate of drug-likeness (QED) is 0.569. The van der Waals surface area contributed by atoms with Crippen molar-refractivity contribution in [1.82, 2.24) is 10.6 Å². The average Bonchev–Trinajstić information content (AvgIpc) is 2.78. The lowest BCUT2D eigenvalue weighted by atomic mass is 9.98. The van der Waals surface area contributed by atoms with Crippen molar-refractivity contribution in [2.75, 3.05) is 6.54 Å². The van der Waals surface area contributed by atoms with Gasteiger partial charge in [-0.05, 0) is 47.5 Å². The highest BCUT2D eigenvalue weighted by atomic mass is 16.6. The fourth-order valence-corrected chi connectivity index (χ4v) is 2.29. The Bertz CT molecular complexity index is 494. The Morgan fingerprint density at radius 3 is 2.54 bits per heavy atom. The van der Waals surface area contributed by atoms with Crippen LogP contribution in [0.4, 0.5) is 4.79 Å². The van der Waals surface area contributed by atoms with Gasteiger partial charge in [-0.25, -0.2) is 9.59 Å². The lowest BCUT2D eigenvalue weighted by Crippen LogP contribution is -2.40. The van der Waals surface area contributed by atoms with Crippen LogP contribution in [0.15, 0.2) is 12.2 Å². The maximum atomic E-state index is 12.0.